The van der Waals surface area contributed by atoms with Crippen molar-refractivity contribution in [1.82, 2.24) is 15.0 Å². The number of fused-ring (bicyclic) bond motifs is 1. The highest BCUT2D eigenvalue weighted by atomic mass is 32.1. The normalized spacial score (nSPS) is 11.9. The number of rotatable bonds is 4. The van der Waals surface area contributed by atoms with E-state index < -0.39 is 0 Å². The van der Waals surface area contributed by atoms with Gasteiger partial charge in [-0.15, -0.1) is 0 Å². The predicted octanol–water partition coefficient (Wildman–Crippen LogP) is 3.81. The van der Waals surface area contributed by atoms with Crippen LogP contribution in [0, 0.1) is 0 Å². The van der Waals surface area contributed by atoms with Crippen LogP contribution in [-0.2, 0) is 0 Å². The maximum absolute atomic E-state index is 4.49. The predicted molar refractivity (Wildman–Crippen MR) is 90.6 cm³/mol. The summed E-state index contributed by atoms with van der Waals surface area (Å²) in [5, 5.41) is 1.01. The van der Waals surface area contributed by atoms with Gasteiger partial charge in [0.1, 0.15) is 5.82 Å². The number of benzene rings is 1. The van der Waals surface area contributed by atoms with Crippen LogP contribution in [0.5, 0.6) is 0 Å². The van der Waals surface area contributed by atoms with Gasteiger partial charge in [0.25, 0.3) is 0 Å². The first kappa shape index (κ1) is 13.6. The van der Waals surface area contributed by atoms with Crippen molar-refractivity contribution in [2.24, 2.45) is 0 Å². The Morgan fingerprint density at radius 3 is 2.71 bits per heavy atom. The summed E-state index contributed by atoms with van der Waals surface area (Å²) in [6, 6.07) is 8.01. The van der Waals surface area contributed by atoms with E-state index in [9.17, 15) is 0 Å². The lowest BCUT2D eigenvalue weighted by Gasteiger charge is -2.04. The van der Waals surface area contributed by atoms with Gasteiger partial charge in [0, 0.05) is 25.2 Å². The third-order valence-corrected chi connectivity index (χ3v) is 4.06. The van der Waals surface area contributed by atoms with Crippen LogP contribution in [-0.4, -0.2) is 29.0 Å². The van der Waals surface area contributed by atoms with Crippen molar-refractivity contribution in [3.05, 3.63) is 53.3 Å². The molecule has 0 aliphatic carbocycles. The Bertz CT molecular complexity index is 762. The molecule has 0 atom stereocenters. The molecule has 0 fully saturated rings. The zero-order chi connectivity index (χ0) is 14.7. The van der Waals surface area contributed by atoms with Crippen molar-refractivity contribution < 1.29 is 0 Å². The highest BCUT2D eigenvalue weighted by molar-refractivity contribution is 7.16. The molecule has 3 rings (SSSR count). The Labute approximate surface area is 127 Å². The molecule has 0 saturated carbocycles. The molecule has 0 aliphatic heterocycles. The Morgan fingerprint density at radius 2 is 1.95 bits per heavy atom. The van der Waals surface area contributed by atoms with E-state index in [0.717, 1.165) is 26.9 Å². The second-order valence-electron chi connectivity index (χ2n) is 4.80. The van der Waals surface area contributed by atoms with Gasteiger partial charge < -0.3 is 9.88 Å². The first-order chi connectivity index (χ1) is 10.2. The average Bonchev–Trinajstić information content (AvgIpc) is 3.10. The van der Waals surface area contributed by atoms with E-state index in [2.05, 4.69) is 15.0 Å². The van der Waals surface area contributed by atoms with Crippen molar-refractivity contribution in [3.8, 4) is 0 Å². The molecule has 0 unspecified atom stereocenters. The van der Waals surface area contributed by atoms with Crippen LogP contribution < -0.4 is 4.90 Å². The van der Waals surface area contributed by atoms with Gasteiger partial charge in [-0.25, -0.2) is 9.97 Å². The summed E-state index contributed by atoms with van der Waals surface area (Å²) in [5.74, 6) is 0.860. The number of nitrogens with zero attached hydrogens (tertiary/aromatic N) is 3. The van der Waals surface area contributed by atoms with Crippen LogP contribution in [0.3, 0.4) is 0 Å². The highest BCUT2D eigenvalue weighted by Crippen LogP contribution is 2.21. The second kappa shape index (κ2) is 5.93. The van der Waals surface area contributed by atoms with Gasteiger partial charge in [-0.05, 0) is 24.3 Å². The molecule has 4 nitrogen and oxygen atoms in total. The van der Waals surface area contributed by atoms with E-state index in [1.807, 2.05) is 73.8 Å². The van der Waals surface area contributed by atoms with Gasteiger partial charge in [-0.2, -0.15) is 0 Å². The summed E-state index contributed by atoms with van der Waals surface area (Å²) >= 11 is 1.66. The summed E-state index contributed by atoms with van der Waals surface area (Å²) in [4.78, 5) is 15.2. The van der Waals surface area contributed by atoms with Crippen molar-refractivity contribution in [2.45, 2.75) is 0 Å². The van der Waals surface area contributed by atoms with E-state index in [1.165, 1.54) is 0 Å². The molecule has 2 aromatic heterocycles. The van der Waals surface area contributed by atoms with Crippen LogP contribution in [0.1, 0.15) is 10.7 Å². The molecule has 0 aliphatic rings. The van der Waals surface area contributed by atoms with E-state index in [4.69, 9.17) is 0 Å². The van der Waals surface area contributed by atoms with Crippen LogP contribution >= 0.6 is 11.3 Å². The largest absolute Gasteiger partial charge is 0.354 e. The zero-order valence-corrected chi connectivity index (χ0v) is 12.8. The minimum atomic E-state index is 0.860. The Hall–Kier alpha value is -2.40. The van der Waals surface area contributed by atoms with Gasteiger partial charge in [-0.3, -0.25) is 0 Å². The number of imidazole rings is 1. The minimum absolute atomic E-state index is 0.860. The molecule has 0 amide bonds. The molecule has 0 saturated heterocycles. The highest BCUT2D eigenvalue weighted by Gasteiger charge is 2.00. The van der Waals surface area contributed by atoms with Crippen molar-refractivity contribution in [1.29, 1.82) is 0 Å². The number of H-pyrrole nitrogens is 1. The molecule has 1 aromatic carbocycles. The van der Waals surface area contributed by atoms with E-state index in [-0.39, 0.29) is 0 Å². The summed E-state index contributed by atoms with van der Waals surface area (Å²) in [6.07, 6.45) is 9.87. The molecule has 0 spiro atoms. The molecule has 1 N–H and O–H groups in total. The van der Waals surface area contributed by atoms with Crippen LogP contribution in [0.25, 0.3) is 23.2 Å². The standard InChI is InChI=1S/C16H16N4S/c1-20(2)16-17-11-12(21-16)7-3-6-10-15-18-13-8-4-5-9-14(13)19-15/h3-11H,1-2H3,(H,18,19)/b7-3+,10-6+. The molecular weight excluding hydrogens is 280 g/mol. The number of hydrogen-bond donors (Lipinski definition) is 1. The number of para-hydroxylation sites is 2. The number of allylic oxidation sites excluding steroid dienone is 2. The number of aromatic nitrogens is 3. The first-order valence-corrected chi connectivity index (χ1v) is 7.47. The molecule has 0 bridgehead atoms. The molecule has 2 heterocycles. The van der Waals surface area contributed by atoms with E-state index in [0.29, 0.717) is 0 Å². The van der Waals surface area contributed by atoms with Crippen molar-refractivity contribution in [3.63, 3.8) is 0 Å². The number of thiazole rings is 1. The summed E-state index contributed by atoms with van der Waals surface area (Å²) in [6.45, 7) is 0. The fraction of sp³-hybridized carbons (Fsp3) is 0.125. The number of aromatic amines is 1. The third kappa shape index (κ3) is 3.20. The lowest BCUT2D eigenvalue weighted by Crippen LogP contribution is -2.07. The fourth-order valence-corrected chi connectivity index (χ4v) is 2.66. The van der Waals surface area contributed by atoms with Gasteiger partial charge >= 0.3 is 0 Å². The fourth-order valence-electron chi connectivity index (χ4n) is 1.91. The first-order valence-electron chi connectivity index (χ1n) is 6.65. The summed E-state index contributed by atoms with van der Waals surface area (Å²) in [7, 11) is 3.99. The molecule has 106 valence electrons. The Morgan fingerprint density at radius 1 is 1.14 bits per heavy atom. The average molecular weight is 296 g/mol. The zero-order valence-electron chi connectivity index (χ0n) is 11.9. The second-order valence-corrected chi connectivity index (χ2v) is 5.84. The van der Waals surface area contributed by atoms with Gasteiger partial charge in [0.15, 0.2) is 5.13 Å². The van der Waals surface area contributed by atoms with Crippen molar-refractivity contribution in [2.75, 3.05) is 19.0 Å². The number of anilines is 1. The van der Waals surface area contributed by atoms with Crippen LogP contribution in [0.4, 0.5) is 5.13 Å². The summed E-state index contributed by atoms with van der Waals surface area (Å²) < 4.78 is 0. The van der Waals surface area contributed by atoms with Gasteiger partial charge in [-0.1, -0.05) is 35.6 Å². The van der Waals surface area contributed by atoms with E-state index in [1.54, 1.807) is 11.3 Å². The maximum Gasteiger partial charge on any atom is 0.185 e. The smallest absolute Gasteiger partial charge is 0.185 e. The monoisotopic (exact) mass is 296 g/mol. The quantitative estimate of drug-likeness (QED) is 0.745. The lowest BCUT2D eigenvalue weighted by molar-refractivity contribution is 1.10. The van der Waals surface area contributed by atoms with Gasteiger partial charge in [0.2, 0.25) is 0 Å². The SMILES string of the molecule is CN(C)c1ncc(/C=C/C=C/c2nc3ccccc3[nH]2)s1. The molecule has 3 aromatic rings. The van der Waals surface area contributed by atoms with E-state index >= 15 is 0 Å². The maximum atomic E-state index is 4.49. The van der Waals surface area contributed by atoms with Crippen LogP contribution in [0.15, 0.2) is 42.6 Å². The molecule has 5 heteroatoms. The van der Waals surface area contributed by atoms with Crippen LogP contribution in [0.2, 0.25) is 0 Å². The number of nitrogens with one attached hydrogen (secondary N) is 1. The number of hydrogen-bond acceptors (Lipinski definition) is 4. The van der Waals surface area contributed by atoms with Gasteiger partial charge in [0.05, 0.1) is 11.0 Å². The minimum Gasteiger partial charge on any atom is -0.354 e. The lowest BCUT2D eigenvalue weighted by atomic mass is 10.3. The topological polar surface area (TPSA) is 44.8 Å². The Balaban J connectivity index is 1.69. The molecule has 21 heavy (non-hydrogen) atoms. The summed E-state index contributed by atoms with van der Waals surface area (Å²) in [5.41, 5.74) is 2.04. The molecular formula is C16H16N4S. The molecule has 0 radical (unpaired) electrons. The third-order valence-electron chi connectivity index (χ3n) is 2.93. The Kier molecular flexibility index (Phi) is 3.83. The van der Waals surface area contributed by atoms with Crippen molar-refractivity contribution >= 4 is 39.7 Å².